The second-order valence-corrected chi connectivity index (χ2v) is 4.37. The van der Waals surface area contributed by atoms with Crippen LogP contribution >= 0.6 is 11.3 Å². The molecule has 2 N–H and O–H groups in total. The zero-order valence-corrected chi connectivity index (χ0v) is 9.12. The van der Waals surface area contributed by atoms with Crippen molar-refractivity contribution in [3.8, 4) is 0 Å². The van der Waals surface area contributed by atoms with Gasteiger partial charge in [0.05, 0.1) is 0 Å². The number of hydrogen-bond donors (Lipinski definition) is 2. The van der Waals surface area contributed by atoms with E-state index in [0.717, 1.165) is 23.5 Å². The molecule has 0 radical (unpaired) electrons. The summed E-state index contributed by atoms with van der Waals surface area (Å²) in [6.45, 7) is 7.04. The van der Waals surface area contributed by atoms with E-state index in [9.17, 15) is 4.79 Å². The van der Waals surface area contributed by atoms with Gasteiger partial charge in [0.15, 0.2) is 0 Å². The maximum Gasteiger partial charge on any atom is 0.304 e. The molecule has 0 saturated carbocycles. The number of hydrogen-bond acceptors (Lipinski definition) is 3. The van der Waals surface area contributed by atoms with Crippen LogP contribution in [0, 0.1) is 0 Å². The molecule has 74 valence electrons. The quantitative estimate of drug-likeness (QED) is 0.773. The van der Waals surface area contributed by atoms with E-state index >= 15 is 0 Å². The summed E-state index contributed by atoms with van der Waals surface area (Å²) >= 11 is 1.31. The molecule has 0 aliphatic rings. The number of H-pyrrole nitrogens is 1. The minimum atomic E-state index is 0.0532. The summed E-state index contributed by atoms with van der Waals surface area (Å²) in [4.78, 5) is 15.1. The molecule has 0 aliphatic heterocycles. The van der Waals surface area contributed by atoms with Gasteiger partial charge in [-0.2, -0.15) is 0 Å². The predicted molar refractivity (Wildman–Crippen MR) is 56.3 cm³/mol. The Hall–Kier alpha value is -0.610. The molecule has 0 amide bonds. The van der Waals surface area contributed by atoms with Crippen LogP contribution in [0.2, 0.25) is 0 Å². The van der Waals surface area contributed by atoms with Gasteiger partial charge in [0.25, 0.3) is 0 Å². The molecule has 0 unspecified atom stereocenters. The minimum absolute atomic E-state index is 0.0532. The van der Waals surface area contributed by atoms with E-state index in [1.54, 1.807) is 0 Å². The highest BCUT2D eigenvalue weighted by Crippen LogP contribution is 2.09. The van der Waals surface area contributed by atoms with E-state index < -0.39 is 0 Å². The standard InChI is InChI=1S/C9H16N2OS/c1-4-7-8(5-10-6(2)3)13-9(12)11-7/h6,10H,4-5H2,1-3H3,(H,11,12). The monoisotopic (exact) mass is 200 g/mol. The topological polar surface area (TPSA) is 44.9 Å². The molecule has 0 spiro atoms. The van der Waals surface area contributed by atoms with Crippen molar-refractivity contribution in [2.45, 2.75) is 39.8 Å². The van der Waals surface area contributed by atoms with E-state index in [-0.39, 0.29) is 4.87 Å². The fourth-order valence-electron chi connectivity index (χ4n) is 1.12. The summed E-state index contributed by atoms with van der Waals surface area (Å²) in [7, 11) is 0. The van der Waals surface area contributed by atoms with E-state index in [0.29, 0.717) is 6.04 Å². The van der Waals surface area contributed by atoms with Crippen LogP contribution in [0.15, 0.2) is 4.79 Å². The van der Waals surface area contributed by atoms with Crippen LogP contribution in [-0.4, -0.2) is 11.0 Å². The van der Waals surface area contributed by atoms with Gasteiger partial charge in [-0.15, -0.1) is 0 Å². The molecule has 0 fully saturated rings. The second-order valence-electron chi connectivity index (χ2n) is 3.31. The number of aryl methyl sites for hydroxylation is 1. The fourth-order valence-corrected chi connectivity index (χ4v) is 1.99. The van der Waals surface area contributed by atoms with Crippen LogP contribution in [0.4, 0.5) is 0 Å². The van der Waals surface area contributed by atoms with E-state index in [1.807, 2.05) is 0 Å². The maximum absolute atomic E-state index is 11.0. The highest BCUT2D eigenvalue weighted by atomic mass is 32.1. The molecule has 1 heterocycles. The molecular formula is C9H16N2OS. The second kappa shape index (κ2) is 4.58. The van der Waals surface area contributed by atoms with Gasteiger partial charge < -0.3 is 10.3 Å². The first kappa shape index (κ1) is 10.5. The van der Waals surface area contributed by atoms with Gasteiger partial charge in [0.1, 0.15) is 0 Å². The largest absolute Gasteiger partial charge is 0.316 e. The molecule has 4 heteroatoms. The van der Waals surface area contributed by atoms with E-state index in [4.69, 9.17) is 0 Å². The van der Waals surface area contributed by atoms with Gasteiger partial charge >= 0.3 is 4.87 Å². The van der Waals surface area contributed by atoms with Gasteiger partial charge in [-0.1, -0.05) is 32.1 Å². The average molecular weight is 200 g/mol. The molecule has 0 aliphatic carbocycles. The number of thiazole rings is 1. The first-order valence-corrected chi connectivity index (χ1v) is 5.39. The highest BCUT2D eigenvalue weighted by molar-refractivity contribution is 7.09. The molecule has 0 bridgehead atoms. The van der Waals surface area contributed by atoms with Crippen LogP contribution in [0.1, 0.15) is 31.3 Å². The first-order chi connectivity index (χ1) is 6.13. The Kier molecular flexibility index (Phi) is 3.69. The summed E-state index contributed by atoms with van der Waals surface area (Å²) in [5.74, 6) is 0. The summed E-state index contributed by atoms with van der Waals surface area (Å²) < 4.78 is 0. The van der Waals surface area contributed by atoms with E-state index in [1.165, 1.54) is 11.3 Å². The van der Waals surface area contributed by atoms with Crippen molar-refractivity contribution in [3.63, 3.8) is 0 Å². The van der Waals surface area contributed by atoms with Gasteiger partial charge in [-0.3, -0.25) is 4.79 Å². The van der Waals surface area contributed by atoms with Crippen molar-refractivity contribution in [1.29, 1.82) is 0 Å². The van der Waals surface area contributed by atoms with Crippen molar-refractivity contribution in [2.24, 2.45) is 0 Å². The van der Waals surface area contributed by atoms with Gasteiger partial charge in [0.2, 0.25) is 0 Å². The molecule has 0 saturated heterocycles. The molecule has 3 nitrogen and oxygen atoms in total. The predicted octanol–water partition coefficient (Wildman–Crippen LogP) is 1.50. The molecular weight excluding hydrogens is 184 g/mol. The summed E-state index contributed by atoms with van der Waals surface area (Å²) in [6, 6.07) is 0.460. The molecule has 13 heavy (non-hydrogen) atoms. The summed E-state index contributed by atoms with van der Waals surface area (Å²) in [6.07, 6.45) is 0.897. The van der Waals surface area contributed by atoms with Crippen molar-refractivity contribution < 1.29 is 0 Å². The van der Waals surface area contributed by atoms with Crippen LogP contribution in [0.5, 0.6) is 0 Å². The van der Waals surface area contributed by atoms with Crippen LogP contribution in [-0.2, 0) is 13.0 Å². The molecule has 0 atom stereocenters. The summed E-state index contributed by atoms with van der Waals surface area (Å²) in [5, 5.41) is 3.30. The fraction of sp³-hybridized carbons (Fsp3) is 0.667. The van der Waals surface area contributed by atoms with Crippen molar-refractivity contribution in [1.82, 2.24) is 10.3 Å². The highest BCUT2D eigenvalue weighted by Gasteiger charge is 2.05. The molecule has 1 aromatic heterocycles. The number of aromatic nitrogens is 1. The van der Waals surface area contributed by atoms with Crippen molar-refractivity contribution >= 4 is 11.3 Å². The normalized spacial score (nSPS) is 11.1. The Labute approximate surface area is 82.2 Å². The third-order valence-corrected chi connectivity index (χ3v) is 2.75. The third-order valence-electron chi connectivity index (χ3n) is 1.83. The lowest BCUT2D eigenvalue weighted by Gasteiger charge is -2.06. The lowest BCUT2D eigenvalue weighted by atomic mass is 10.3. The van der Waals surface area contributed by atoms with Crippen LogP contribution in [0.25, 0.3) is 0 Å². The lowest BCUT2D eigenvalue weighted by molar-refractivity contribution is 0.590. The van der Waals surface area contributed by atoms with Crippen LogP contribution in [0.3, 0.4) is 0 Å². The van der Waals surface area contributed by atoms with Crippen molar-refractivity contribution in [3.05, 3.63) is 20.2 Å². The zero-order chi connectivity index (χ0) is 9.84. The Bertz CT molecular complexity index is 314. The van der Waals surface area contributed by atoms with Gasteiger partial charge in [-0.25, -0.2) is 0 Å². The minimum Gasteiger partial charge on any atom is -0.316 e. The zero-order valence-electron chi connectivity index (χ0n) is 8.31. The Balaban J connectivity index is 2.69. The lowest BCUT2D eigenvalue weighted by Crippen LogP contribution is -2.21. The average Bonchev–Trinajstić information content (AvgIpc) is 2.42. The Morgan fingerprint density at radius 1 is 1.54 bits per heavy atom. The smallest absolute Gasteiger partial charge is 0.304 e. The van der Waals surface area contributed by atoms with Gasteiger partial charge in [-0.05, 0) is 6.42 Å². The van der Waals surface area contributed by atoms with Gasteiger partial charge in [0, 0.05) is 23.2 Å². The molecule has 1 rings (SSSR count). The van der Waals surface area contributed by atoms with Crippen LogP contribution < -0.4 is 10.2 Å². The maximum atomic E-state index is 11.0. The Morgan fingerprint density at radius 2 is 2.23 bits per heavy atom. The number of nitrogens with one attached hydrogen (secondary N) is 2. The number of rotatable bonds is 4. The first-order valence-electron chi connectivity index (χ1n) is 4.57. The van der Waals surface area contributed by atoms with Crippen molar-refractivity contribution in [2.75, 3.05) is 0 Å². The SMILES string of the molecule is CCc1[nH]c(=O)sc1CNC(C)C. The molecule has 0 aromatic carbocycles. The Morgan fingerprint density at radius 3 is 2.77 bits per heavy atom. The number of aromatic amines is 1. The van der Waals surface area contributed by atoms with E-state index in [2.05, 4.69) is 31.1 Å². The molecule has 1 aromatic rings. The third kappa shape index (κ3) is 2.97. The summed E-state index contributed by atoms with van der Waals surface area (Å²) in [5.41, 5.74) is 1.07.